The van der Waals surface area contributed by atoms with E-state index in [2.05, 4.69) is 63.7 Å². The number of hydrogen-bond donors (Lipinski definition) is 1. The Morgan fingerprint density at radius 1 is 1.14 bits per heavy atom. The predicted molar refractivity (Wildman–Crippen MR) is 90.4 cm³/mol. The van der Waals surface area contributed by atoms with Gasteiger partial charge < -0.3 is 5.32 Å². The van der Waals surface area contributed by atoms with E-state index < -0.39 is 0 Å². The summed E-state index contributed by atoms with van der Waals surface area (Å²) in [4.78, 5) is 0. The highest BCUT2D eigenvalue weighted by Gasteiger charge is 2.17. The molecule has 3 nitrogen and oxygen atoms in total. The van der Waals surface area contributed by atoms with Crippen LogP contribution in [0.25, 0.3) is 10.9 Å². The zero-order valence-electron chi connectivity index (χ0n) is 12.2. The van der Waals surface area contributed by atoms with Crippen LogP contribution in [0.3, 0.4) is 0 Å². The molecule has 0 saturated carbocycles. The number of hydrogen-bond acceptors (Lipinski definition) is 2. The van der Waals surface area contributed by atoms with Gasteiger partial charge in [-0.2, -0.15) is 5.10 Å². The summed E-state index contributed by atoms with van der Waals surface area (Å²) in [6, 6.07) is 16.9. The van der Waals surface area contributed by atoms with Crippen molar-refractivity contribution in [3.05, 3.63) is 64.3 Å². The monoisotopic (exact) mass is 343 g/mol. The van der Waals surface area contributed by atoms with Gasteiger partial charge >= 0.3 is 0 Å². The molecule has 108 valence electrons. The normalized spacial score (nSPS) is 12.7. The number of para-hydroxylation sites is 1. The molecule has 0 aliphatic heterocycles. The van der Waals surface area contributed by atoms with Gasteiger partial charge in [0.2, 0.25) is 0 Å². The first-order chi connectivity index (χ1) is 10.2. The lowest BCUT2D eigenvalue weighted by atomic mass is 10.0. The highest BCUT2D eigenvalue weighted by molar-refractivity contribution is 9.10. The molecule has 1 N–H and O–H groups in total. The topological polar surface area (TPSA) is 29.9 Å². The fourth-order valence-electron chi connectivity index (χ4n) is 2.76. The van der Waals surface area contributed by atoms with E-state index in [4.69, 9.17) is 5.10 Å². The molecule has 1 heterocycles. The zero-order chi connectivity index (χ0) is 14.8. The maximum atomic E-state index is 4.69. The number of aryl methyl sites for hydroxylation is 1. The summed E-state index contributed by atoms with van der Waals surface area (Å²) in [5.74, 6) is 0. The Balaban J connectivity index is 1.99. The van der Waals surface area contributed by atoms with Crippen LogP contribution in [-0.2, 0) is 13.5 Å². The minimum atomic E-state index is 0.235. The van der Waals surface area contributed by atoms with Gasteiger partial charge in [0.1, 0.15) is 0 Å². The summed E-state index contributed by atoms with van der Waals surface area (Å²) in [6.45, 7) is 0. The molecule has 4 heteroatoms. The summed E-state index contributed by atoms with van der Waals surface area (Å²) >= 11 is 3.64. The highest BCUT2D eigenvalue weighted by atomic mass is 79.9. The van der Waals surface area contributed by atoms with Crippen LogP contribution in [0.1, 0.15) is 17.3 Å². The number of likely N-dealkylation sites (N-methyl/N-ethyl adjacent to an activating group) is 1. The second-order valence-electron chi connectivity index (χ2n) is 5.15. The Morgan fingerprint density at radius 3 is 2.62 bits per heavy atom. The molecule has 0 radical (unpaired) electrons. The number of halogens is 1. The van der Waals surface area contributed by atoms with Crippen molar-refractivity contribution in [2.75, 3.05) is 7.05 Å². The maximum Gasteiger partial charge on any atom is 0.0722 e. The molecule has 21 heavy (non-hydrogen) atoms. The molecule has 0 aliphatic rings. The van der Waals surface area contributed by atoms with E-state index in [0.717, 1.165) is 16.6 Å². The van der Waals surface area contributed by atoms with Crippen molar-refractivity contribution in [1.82, 2.24) is 15.1 Å². The van der Waals surface area contributed by atoms with Gasteiger partial charge in [-0.3, -0.25) is 4.68 Å². The Bertz CT molecular complexity index is 764. The van der Waals surface area contributed by atoms with E-state index >= 15 is 0 Å². The summed E-state index contributed by atoms with van der Waals surface area (Å²) in [6.07, 6.45) is 0.862. The molecule has 0 amide bonds. The van der Waals surface area contributed by atoms with Crippen LogP contribution in [0.5, 0.6) is 0 Å². The maximum absolute atomic E-state index is 4.69. The number of nitrogens with one attached hydrogen (secondary N) is 1. The van der Waals surface area contributed by atoms with Gasteiger partial charge in [-0.1, -0.05) is 52.3 Å². The lowest BCUT2D eigenvalue weighted by Gasteiger charge is -2.17. The first-order valence-electron chi connectivity index (χ1n) is 7.03. The van der Waals surface area contributed by atoms with Gasteiger partial charge in [-0.25, -0.2) is 0 Å². The molecule has 1 unspecified atom stereocenters. The Hall–Kier alpha value is -1.65. The van der Waals surface area contributed by atoms with Gasteiger partial charge in [0.25, 0.3) is 0 Å². The van der Waals surface area contributed by atoms with Crippen LogP contribution < -0.4 is 5.32 Å². The van der Waals surface area contributed by atoms with E-state index in [1.165, 1.54) is 16.5 Å². The molecule has 0 spiro atoms. The van der Waals surface area contributed by atoms with Gasteiger partial charge in [-0.15, -0.1) is 0 Å². The van der Waals surface area contributed by atoms with Crippen molar-refractivity contribution < 1.29 is 0 Å². The van der Waals surface area contributed by atoms with Gasteiger partial charge in [-0.05, 0) is 24.7 Å². The number of fused-ring (bicyclic) bond motifs is 1. The second-order valence-corrected chi connectivity index (χ2v) is 6.01. The van der Waals surface area contributed by atoms with Crippen molar-refractivity contribution in [2.45, 2.75) is 12.5 Å². The minimum absolute atomic E-state index is 0.235. The lowest BCUT2D eigenvalue weighted by Crippen LogP contribution is -2.19. The Morgan fingerprint density at radius 2 is 1.86 bits per heavy atom. The molecular formula is C17H18BrN3. The Labute approximate surface area is 133 Å². The van der Waals surface area contributed by atoms with E-state index in [0.29, 0.717) is 0 Å². The van der Waals surface area contributed by atoms with Gasteiger partial charge in [0, 0.05) is 29.4 Å². The summed E-state index contributed by atoms with van der Waals surface area (Å²) in [7, 11) is 3.99. The third-order valence-electron chi connectivity index (χ3n) is 3.86. The molecule has 0 saturated heterocycles. The van der Waals surface area contributed by atoms with Gasteiger partial charge in [0.05, 0.1) is 11.2 Å². The molecule has 3 aromatic rings. The number of aromatic nitrogens is 2. The molecule has 0 fully saturated rings. The van der Waals surface area contributed by atoms with Crippen LogP contribution in [0.4, 0.5) is 0 Å². The van der Waals surface area contributed by atoms with Crippen molar-refractivity contribution in [3.8, 4) is 0 Å². The standard InChI is InChI=1S/C17H18BrN3/c1-19-15(12-7-3-5-9-14(12)18)11-16-13-8-4-6-10-17(13)21(2)20-16/h3-10,15,19H,11H2,1-2H3. The fourth-order valence-corrected chi connectivity index (χ4v) is 3.32. The van der Waals surface area contributed by atoms with Crippen LogP contribution >= 0.6 is 15.9 Å². The van der Waals surface area contributed by atoms with E-state index in [1.54, 1.807) is 0 Å². The second kappa shape index (κ2) is 6.00. The number of benzene rings is 2. The fraction of sp³-hybridized carbons (Fsp3) is 0.235. The highest BCUT2D eigenvalue weighted by Crippen LogP contribution is 2.28. The third kappa shape index (κ3) is 2.74. The summed E-state index contributed by atoms with van der Waals surface area (Å²) in [5.41, 5.74) is 3.56. The first kappa shape index (κ1) is 14.3. The molecule has 3 rings (SSSR count). The van der Waals surface area contributed by atoms with Crippen molar-refractivity contribution in [3.63, 3.8) is 0 Å². The van der Waals surface area contributed by atoms with E-state index in [1.807, 2.05) is 24.8 Å². The largest absolute Gasteiger partial charge is 0.313 e. The van der Waals surface area contributed by atoms with E-state index in [9.17, 15) is 0 Å². The van der Waals surface area contributed by atoms with Crippen molar-refractivity contribution in [2.24, 2.45) is 7.05 Å². The molecule has 1 aromatic heterocycles. The zero-order valence-corrected chi connectivity index (χ0v) is 13.8. The van der Waals surface area contributed by atoms with E-state index in [-0.39, 0.29) is 6.04 Å². The van der Waals surface area contributed by atoms with Crippen molar-refractivity contribution >= 4 is 26.8 Å². The smallest absolute Gasteiger partial charge is 0.0722 e. The SMILES string of the molecule is CNC(Cc1nn(C)c2ccccc12)c1ccccc1Br. The third-order valence-corrected chi connectivity index (χ3v) is 4.58. The first-order valence-corrected chi connectivity index (χ1v) is 7.82. The number of rotatable bonds is 4. The Kier molecular flexibility index (Phi) is 4.08. The average Bonchev–Trinajstić information content (AvgIpc) is 2.82. The summed E-state index contributed by atoms with van der Waals surface area (Å²) < 4.78 is 3.09. The minimum Gasteiger partial charge on any atom is -0.313 e. The lowest BCUT2D eigenvalue weighted by molar-refractivity contribution is 0.577. The predicted octanol–water partition coefficient (Wildman–Crippen LogP) is 3.84. The molecule has 0 bridgehead atoms. The van der Waals surface area contributed by atoms with Crippen molar-refractivity contribution in [1.29, 1.82) is 0 Å². The quantitative estimate of drug-likeness (QED) is 0.779. The van der Waals surface area contributed by atoms with Crippen LogP contribution in [0, 0.1) is 0 Å². The molecule has 1 atom stereocenters. The average molecular weight is 344 g/mol. The molecular weight excluding hydrogens is 326 g/mol. The molecule has 0 aliphatic carbocycles. The van der Waals surface area contributed by atoms with Crippen LogP contribution in [0.15, 0.2) is 53.0 Å². The number of nitrogens with zero attached hydrogens (tertiary/aromatic N) is 2. The van der Waals surface area contributed by atoms with Crippen LogP contribution in [-0.4, -0.2) is 16.8 Å². The van der Waals surface area contributed by atoms with Crippen LogP contribution in [0.2, 0.25) is 0 Å². The van der Waals surface area contributed by atoms with Gasteiger partial charge in [0.15, 0.2) is 0 Å². The summed E-state index contributed by atoms with van der Waals surface area (Å²) in [5, 5.41) is 9.33. The molecule has 2 aromatic carbocycles.